The van der Waals surface area contributed by atoms with Crippen molar-refractivity contribution in [2.75, 3.05) is 12.4 Å². The van der Waals surface area contributed by atoms with Crippen LogP contribution in [0.3, 0.4) is 0 Å². The molecule has 1 aliphatic heterocycles. The van der Waals surface area contributed by atoms with E-state index >= 15 is 0 Å². The topological polar surface area (TPSA) is 37.3 Å². The number of carbonyl (C=O) groups excluding carboxylic acids is 1. The monoisotopic (exact) mass is 322 g/mol. The molecule has 3 rings (SSSR count). The summed E-state index contributed by atoms with van der Waals surface area (Å²) in [5.41, 5.74) is 0.732. The largest absolute Gasteiger partial charge is 0.394 e. The van der Waals surface area contributed by atoms with Crippen molar-refractivity contribution in [2.24, 2.45) is 0 Å². The lowest BCUT2D eigenvalue weighted by molar-refractivity contribution is 0.0913. The molecule has 18 heavy (non-hydrogen) atoms. The summed E-state index contributed by atoms with van der Waals surface area (Å²) in [7, 11) is 0. The van der Waals surface area contributed by atoms with Crippen LogP contribution in [-0.4, -0.2) is 27.6 Å². The van der Waals surface area contributed by atoms with Crippen molar-refractivity contribution < 1.29 is 9.90 Å². The van der Waals surface area contributed by atoms with E-state index in [0.29, 0.717) is 5.75 Å². The fourth-order valence-electron chi connectivity index (χ4n) is 2.21. The number of alkyl halides is 1. The van der Waals surface area contributed by atoms with E-state index in [4.69, 9.17) is 0 Å². The molecule has 0 aromatic heterocycles. The summed E-state index contributed by atoms with van der Waals surface area (Å²) in [6.45, 7) is -0.179. The number of ketones is 1. The fraction of sp³-hybridized carbons (Fsp3) is 0.214. The zero-order chi connectivity index (χ0) is 12.8. The Kier molecular flexibility index (Phi) is 2.96. The second-order valence-corrected chi connectivity index (χ2v) is 6.94. The predicted molar refractivity (Wildman–Crippen MR) is 77.7 cm³/mol. The van der Waals surface area contributed by atoms with E-state index in [1.807, 2.05) is 36.4 Å². The van der Waals surface area contributed by atoms with Gasteiger partial charge in [-0.05, 0) is 16.8 Å². The number of aliphatic hydroxyl groups is 1. The van der Waals surface area contributed by atoms with Gasteiger partial charge in [-0.1, -0.05) is 46.3 Å². The van der Waals surface area contributed by atoms with Crippen LogP contribution in [-0.2, 0) is 0 Å². The predicted octanol–water partition coefficient (Wildman–Crippen LogP) is 3.25. The number of carbonyl (C=O) groups is 1. The van der Waals surface area contributed by atoms with Crippen LogP contribution in [0.1, 0.15) is 10.4 Å². The molecule has 0 bridgehead atoms. The molecule has 2 aromatic rings. The second-order valence-electron chi connectivity index (χ2n) is 4.40. The molecular weight excluding hydrogens is 312 g/mol. The van der Waals surface area contributed by atoms with Gasteiger partial charge in [0.05, 0.1) is 6.61 Å². The molecule has 2 nitrogen and oxygen atoms in total. The van der Waals surface area contributed by atoms with E-state index in [0.717, 1.165) is 21.2 Å². The Morgan fingerprint density at radius 3 is 2.83 bits per heavy atom. The van der Waals surface area contributed by atoms with E-state index in [1.54, 1.807) is 11.8 Å². The number of fused-ring (bicyclic) bond motifs is 3. The number of hydrogen-bond donors (Lipinski definition) is 1. The van der Waals surface area contributed by atoms with Crippen LogP contribution in [0.5, 0.6) is 0 Å². The Hall–Kier alpha value is -0.840. The number of benzene rings is 2. The van der Waals surface area contributed by atoms with Gasteiger partial charge in [0.25, 0.3) is 0 Å². The number of aliphatic hydroxyl groups excluding tert-OH is 1. The molecule has 2 aromatic carbocycles. The van der Waals surface area contributed by atoms with Gasteiger partial charge in [0.2, 0.25) is 0 Å². The normalized spacial score (nSPS) is 23.1. The highest BCUT2D eigenvalue weighted by Gasteiger charge is 2.41. The van der Waals surface area contributed by atoms with Gasteiger partial charge in [-0.3, -0.25) is 4.79 Å². The summed E-state index contributed by atoms with van der Waals surface area (Å²) >= 11 is 5.01. The summed E-state index contributed by atoms with van der Waals surface area (Å²) in [6.07, 6.45) is 0. The van der Waals surface area contributed by atoms with Gasteiger partial charge in [-0.2, -0.15) is 0 Å². The fourth-order valence-corrected chi connectivity index (χ4v) is 3.86. The van der Waals surface area contributed by atoms with Crippen LogP contribution in [0.25, 0.3) is 10.8 Å². The highest BCUT2D eigenvalue weighted by Crippen LogP contribution is 2.42. The molecule has 0 saturated heterocycles. The Morgan fingerprint density at radius 2 is 2.06 bits per heavy atom. The van der Waals surface area contributed by atoms with Crippen molar-refractivity contribution in [3.05, 3.63) is 42.0 Å². The summed E-state index contributed by atoms with van der Waals surface area (Å²) in [5, 5.41) is 11.5. The van der Waals surface area contributed by atoms with Crippen LogP contribution >= 0.6 is 27.7 Å². The van der Waals surface area contributed by atoms with E-state index in [1.165, 1.54) is 0 Å². The van der Waals surface area contributed by atoms with E-state index < -0.39 is 4.32 Å². The highest BCUT2D eigenvalue weighted by molar-refractivity contribution is 9.10. The zero-order valence-corrected chi connectivity index (χ0v) is 11.9. The first-order valence-corrected chi connectivity index (χ1v) is 7.43. The minimum atomic E-state index is -0.839. The maximum absolute atomic E-state index is 12.6. The van der Waals surface area contributed by atoms with Crippen molar-refractivity contribution in [3.63, 3.8) is 0 Å². The van der Waals surface area contributed by atoms with Crippen molar-refractivity contribution in [3.8, 4) is 0 Å². The summed E-state index contributed by atoms with van der Waals surface area (Å²) in [4.78, 5) is 13.6. The van der Waals surface area contributed by atoms with E-state index in [2.05, 4.69) is 15.9 Å². The molecule has 0 aliphatic carbocycles. The Bertz CT molecular complexity index is 641. The average molecular weight is 323 g/mol. The van der Waals surface area contributed by atoms with Crippen molar-refractivity contribution >= 4 is 44.2 Å². The molecule has 0 radical (unpaired) electrons. The zero-order valence-electron chi connectivity index (χ0n) is 9.52. The Labute approximate surface area is 118 Å². The molecule has 1 aliphatic rings. The molecule has 0 fully saturated rings. The first-order valence-electron chi connectivity index (χ1n) is 5.65. The lowest BCUT2D eigenvalue weighted by Gasteiger charge is -2.29. The number of hydrogen-bond acceptors (Lipinski definition) is 3. The lowest BCUT2D eigenvalue weighted by Crippen LogP contribution is -2.41. The third-order valence-corrected chi connectivity index (χ3v) is 5.78. The third kappa shape index (κ3) is 1.71. The smallest absolute Gasteiger partial charge is 0.184 e. The standard InChI is InChI=1S/C14H11BrO2S/c15-14(7-16)8-18-11-6-5-9-3-1-2-4-10(9)12(11)13(14)17/h1-6,16H,7-8H2. The van der Waals surface area contributed by atoms with Gasteiger partial charge in [-0.15, -0.1) is 11.8 Å². The maximum atomic E-state index is 12.6. The third-order valence-electron chi connectivity index (χ3n) is 3.23. The molecule has 1 heterocycles. The lowest BCUT2D eigenvalue weighted by atomic mass is 9.94. The van der Waals surface area contributed by atoms with Crippen LogP contribution in [0.2, 0.25) is 0 Å². The first kappa shape index (κ1) is 12.2. The summed E-state index contributed by atoms with van der Waals surface area (Å²) in [5.74, 6) is 0.545. The summed E-state index contributed by atoms with van der Waals surface area (Å²) in [6, 6.07) is 11.9. The maximum Gasteiger partial charge on any atom is 0.184 e. The number of Topliss-reactive ketones (excluding diaryl/α,β-unsaturated/α-hetero) is 1. The number of rotatable bonds is 1. The van der Waals surface area contributed by atoms with Crippen LogP contribution in [0.15, 0.2) is 41.3 Å². The quantitative estimate of drug-likeness (QED) is 0.819. The minimum Gasteiger partial charge on any atom is -0.394 e. The molecule has 0 saturated carbocycles. The number of halogens is 1. The molecular formula is C14H11BrO2S. The van der Waals surface area contributed by atoms with Gasteiger partial charge >= 0.3 is 0 Å². The highest BCUT2D eigenvalue weighted by atomic mass is 79.9. The molecule has 1 unspecified atom stereocenters. The van der Waals surface area contributed by atoms with Crippen LogP contribution in [0.4, 0.5) is 0 Å². The number of thioether (sulfide) groups is 1. The van der Waals surface area contributed by atoms with Gasteiger partial charge in [-0.25, -0.2) is 0 Å². The molecule has 0 spiro atoms. The van der Waals surface area contributed by atoms with Gasteiger partial charge < -0.3 is 5.11 Å². The molecule has 0 amide bonds. The van der Waals surface area contributed by atoms with Crippen molar-refractivity contribution in [1.29, 1.82) is 0 Å². The molecule has 4 heteroatoms. The molecule has 1 atom stereocenters. The van der Waals surface area contributed by atoms with Gasteiger partial charge in [0, 0.05) is 16.2 Å². The Morgan fingerprint density at radius 1 is 1.28 bits per heavy atom. The molecule has 92 valence electrons. The first-order chi connectivity index (χ1) is 8.65. The van der Waals surface area contributed by atoms with E-state index in [-0.39, 0.29) is 12.4 Å². The van der Waals surface area contributed by atoms with Crippen LogP contribution in [0, 0.1) is 0 Å². The van der Waals surface area contributed by atoms with Crippen molar-refractivity contribution in [1.82, 2.24) is 0 Å². The van der Waals surface area contributed by atoms with Crippen LogP contribution < -0.4 is 0 Å². The van der Waals surface area contributed by atoms with Gasteiger partial charge in [0.1, 0.15) is 4.32 Å². The van der Waals surface area contributed by atoms with Gasteiger partial charge in [0.15, 0.2) is 5.78 Å². The average Bonchev–Trinajstić information content (AvgIpc) is 2.42. The Balaban J connectivity index is 2.30. The minimum absolute atomic E-state index is 0.0180. The van der Waals surface area contributed by atoms with E-state index in [9.17, 15) is 9.90 Å². The SMILES string of the molecule is O=C1c2c(ccc3ccccc23)SCC1(Br)CO. The van der Waals surface area contributed by atoms with Crippen molar-refractivity contribution in [2.45, 2.75) is 9.22 Å². The summed E-state index contributed by atoms with van der Waals surface area (Å²) < 4.78 is -0.839. The molecule has 1 N–H and O–H groups in total. The second kappa shape index (κ2) is 4.37.